The van der Waals surface area contributed by atoms with Crippen LogP contribution < -0.4 is 0 Å². The first-order valence-electron chi connectivity index (χ1n) is 4.59. The fourth-order valence-electron chi connectivity index (χ4n) is 1.62. The van der Waals surface area contributed by atoms with E-state index in [1.807, 2.05) is 31.4 Å². The molecule has 0 amide bonds. The van der Waals surface area contributed by atoms with E-state index in [1.165, 1.54) is 0 Å². The van der Waals surface area contributed by atoms with E-state index in [9.17, 15) is 0 Å². The number of aryl methyl sites for hydroxylation is 1. The molecular weight excluding hydrogens is 190 g/mol. The van der Waals surface area contributed by atoms with E-state index >= 15 is 0 Å². The van der Waals surface area contributed by atoms with E-state index in [0.29, 0.717) is 5.76 Å². The van der Waals surface area contributed by atoms with Crippen LogP contribution in [0.1, 0.15) is 0 Å². The maximum Gasteiger partial charge on any atom is 0.167 e. The summed E-state index contributed by atoms with van der Waals surface area (Å²) in [5.74, 6) is 0.711. The van der Waals surface area contributed by atoms with Crippen molar-refractivity contribution in [3.05, 3.63) is 36.7 Å². The van der Waals surface area contributed by atoms with E-state index < -0.39 is 0 Å². The molecule has 0 fully saturated rings. The molecule has 0 spiro atoms. The fourth-order valence-corrected chi connectivity index (χ4v) is 1.62. The Labute approximate surface area is 86.1 Å². The molecule has 0 aliphatic rings. The normalized spacial score (nSPS) is 11.0. The van der Waals surface area contributed by atoms with Crippen molar-refractivity contribution in [3.8, 4) is 11.3 Å². The molecule has 0 aliphatic carbocycles. The predicted molar refractivity (Wildman–Crippen MR) is 55.0 cm³/mol. The molecule has 4 nitrogen and oxygen atoms in total. The molecule has 15 heavy (non-hydrogen) atoms. The number of fused-ring (bicyclic) bond motifs is 1. The lowest BCUT2D eigenvalue weighted by Gasteiger charge is -1.93. The quantitative estimate of drug-likeness (QED) is 0.601. The summed E-state index contributed by atoms with van der Waals surface area (Å²) in [7, 11) is 1.90. The highest BCUT2D eigenvalue weighted by atomic mass is 16.5. The van der Waals surface area contributed by atoms with Gasteiger partial charge in [0.05, 0.1) is 5.52 Å². The Morgan fingerprint density at radius 3 is 3.13 bits per heavy atom. The van der Waals surface area contributed by atoms with Gasteiger partial charge in [-0.1, -0.05) is 17.3 Å². The van der Waals surface area contributed by atoms with Crippen molar-refractivity contribution in [2.75, 3.05) is 0 Å². The zero-order valence-electron chi connectivity index (χ0n) is 8.14. The lowest BCUT2D eigenvalue weighted by Crippen LogP contribution is -1.84. The van der Waals surface area contributed by atoms with E-state index in [0.717, 1.165) is 16.5 Å². The number of nitrogens with zero attached hydrogens (tertiary/aromatic N) is 3. The number of aromatic nitrogens is 3. The van der Waals surface area contributed by atoms with Gasteiger partial charge in [-0.3, -0.25) is 4.68 Å². The van der Waals surface area contributed by atoms with Crippen LogP contribution in [0.4, 0.5) is 0 Å². The highest BCUT2D eigenvalue weighted by molar-refractivity contribution is 5.82. The van der Waals surface area contributed by atoms with Crippen molar-refractivity contribution in [3.63, 3.8) is 0 Å². The van der Waals surface area contributed by atoms with Crippen molar-refractivity contribution in [1.29, 1.82) is 0 Å². The zero-order chi connectivity index (χ0) is 10.3. The van der Waals surface area contributed by atoms with Crippen molar-refractivity contribution < 1.29 is 4.52 Å². The first kappa shape index (κ1) is 8.23. The molecule has 0 N–H and O–H groups in total. The zero-order valence-corrected chi connectivity index (χ0v) is 8.14. The summed E-state index contributed by atoms with van der Waals surface area (Å²) in [6.45, 7) is 0. The van der Waals surface area contributed by atoms with Crippen LogP contribution >= 0.6 is 0 Å². The van der Waals surface area contributed by atoms with Gasteiger partial charge in [0.25, 0.3) is 0 Å². The summed E-state index contributed by atoms with van der Waals surface area (Å²) in [6, 6.07) is 7.69. The predicted octanol–water partition coefficient (Wildman–Crippen LogP) is 2.03. The van der Waals surface area contributed by atoms with E-state index in [4.69, 9.17) is 4.52 Å². The molecule has 0 atom stereocenters. The van der Waals surface area contributed by atoms with Gasteiger partial charge in [-0.2, -0.15) is 5.10 Å². The van der Waals surface area contributed by atoms with Crippen LogP contribution in [-0.2, 0) is 7.05 Å². The van der Waals surface area contributed by atoms with Crippen molar-refractivity contribution in [2.24, 2.45) is 7.05 Å². The molecule has 1 aromatic carbocycles. The van der Waals surface area contributed by atoms with Crippen LogP contribution in [0.25, 0.3) is 22.2 Å². The van der Waals surface area contributed by atoms with Gasteiger partial charge in [0, 0.05) is 30.3 Å². The van der Waals surface area contributed by atoms with Crippen LogP contribution in [0.15, 0.2) is 35.0 Å². The number of benzene rings is 1. The summed E-state index contributed by atoms with van der Waals surface area (Å²) < 4.78 is 6.83. The third-order valence-electron chi connectivity index (χ3n) is 2.30. The fraction of sp³-hybridized carbons (Fsp3) is 0.0909. The van der Waals surface area contributed by atoms with Gasteiger partial charge < -0.3 is 4.52 Å². The Bertz CT molecular complexity index is 595. The second-order valence-corrected chi connectivity index (χ2v) is 3.40. The molecule has 4 heteroatoms. The van der Waals surface area contributed by atoms with Gasteiger partial charge in [-0.15, -0.1) is 0 Å². The minimum absolute atomic E-state index is 0.711. The van der Waals surface area contributed by atoms with Crippen molar-refractivity contribution >= 4 is 10.9 Å². The van der Waals surface area contributed by atoms with Crippen LogP contribution in [0, 0.1) is 6.20 Å². The second kappa shape index (κ2) is 2.95. The first-order valence-corrected chi connectivity index (χ1v) is 4.59. The Morgan fingerprint density at radius 1 is 1.40 bits per heavy atom. The minimum Gasteiger partial charge on any atom is -0.356 e. The average Bonchev–Trinajstić information content (AvgIpc) is 2.82. The summed E-state index contributed by atoms with van der Waals surface area (Å²) >= 11 is 0. The lowest BCUT2D eigenvalue weighted by molar-refractivity contribution is 0.431. The standard InChI is InChI=1S/C11H8N3O/c1-14-7-9-3-2-8(6-10(9)13-14)11-4-5-12-15-11/h2-4,6-7H,1H3. The largest absolute Gasteiger partial charge is 0.356 e. The van der Waals surface area contributed by atoms with Gasteiger partial charge in [0.15, 0.2) is 5.76 Å². The van der Waals surface area contributed by atoms with Gasteiger partial charge in [-0.25, -0.2) is 0 Å². The highest BCUT2D eigenvalue weighted by Crippen LogP contribution is 2.22. The van der Waals surface area contributed by atoms with Crippen LogP contribution in [-0.4, -0.2) is 14.9 Å². The first-order chi connectivity index (χ1) is 7.33. The smallest absolute Gasteiger partial charge is 0.167 e. The van der Waals surface area contributed by atoms with Crippen LogP contribution in [0.3, 0.4) is 0 Å². The summed E-state index contributed by atoms with van der Waals surface area (Å²) in [4.78, 5) is 0. The molecule has 73 valence electrons. The summed E-state index contributed by atoms with van der Waals surface area (Å²) in [5.41, 5.74) is 1.92. The molecule has 0 saturated carbocycles. The molecule has 3 rings (SSSR count). The second-order valence-electron chi connectivity index (χ2n) is 3.40. The van der Waals surface area contributed by atoms with Crippen LogP contribution in [0.2, 0.25) is 0 Å². The molecule has 0 bridgehead atoms. The molecule has 3 aromatic rings. The van der Waals surface area contributed by atoms with Crippen LogP contribution in [0.5, 0.6) is 0 Å². The summed E-state index contributed by atoms with van der Waals surface area (Å²) in [5, 5.41) is 9.00. The van der Waals surface area contributed by atoms with Gasteiger partial charge in [0.1, 0.15) is 6.20 Å². The topological polar surface area (TPSA) is 43.9 Å². The van der Waals surface area contributed by atoms with Crippen molar-refractivity contribution in [1.82, 2.24) is 14.9 Å². The lowest BCUT2D eigenvalue weighted by atomic mass is 10.1. The molecule has 1 radical (unpaired) electrons. The third-order valence-corrected chi connectivity index (χ3v) is 2.30. The minimum atomic E-state index is 0.711. The monoisotopic (exact) mass is 198 g/mol. The molecule has 0 aliphatic heterocycles. The molecule has 0 unspecified atom stereocenters. The maximum absolute atomic E-state index is 5.04. The molecule has 2 heterocycles. The molecule has 2 aromatic heterocycles. The Kier molecular flexibility index (Phi) is 1.62. The SMILES string of the molecule is Cn1cc2ccc(-c3c[c]no3)cc2n1. The molecule has 0 saturated heterocycles. The molecular formula is C11H8N3O. The van der Waals surface area contributed by atoms with Crippen molar-refractivity contribution in [2.45, 2.75) is 0 Å². The van der Waals surface area contributed by atoms with Gasteiger partial charge >= 0.3 is 0 Å². The maximum atomic E-state index is 5.04. The van der Waals surface area contributed by atoms with E-state index in [1.54, 1.807) is 10.7 Å². The number of hydrogen-bond acceptors (Lipinski definition) is 3. The Morgan fingerprint density at radius 2 is 2.33 bits per heavy atom. The average molecular weight is 198 g/mol. The van der Waals surface area contributed by atoms with E-state index in [-0.39, 0.29) is 0 Å². The van der Waals surface area contributed by atoms with Gasteiger partial charge in [-0.05, 0) is 6.07 Å². The number of rotatable bonds is 1. The number of hydrogen-bond donors (Lipinski definition) is 0. The van der Waals surface area contributed by atoms with E-state index in [2.05, 4.69) is 16.5 Å². The highest BCUT2D eigenvalue weighted by Gasteiger charge is 2.04. The third kappa shape index (κ3) is 1.30. The van der Waals surface area contributed by atoms with Gasteiger partial charge in [0.2, 0.25) is 0 Å². The Hall–Kier alpha value is -2.10. The Balaban J connectivity index is 2.21. The summed E-state index contributed by atoms with van der Waals surface area (Å²) in [6.07, 6.45) is 4.62.